The molecule has 6 heteroatoms. The zero-order valence-electron chi connectivity index (χ0n) is 22.5. The van der Waals surface area contributed by atoms with Gasteiger partial charge in [-0.2, -0.15) is 0 Å². The normalized spacial score (nSPS) is 11.1. The van der Waals surface area contributed by atoms with Crippen molar-refractivity contribution in [2.45, 2.75) is 111 Å². The first-order valence-electron chi connectivity index (χ1n) is 14.0. The van der Waals surface area contributed by atoms with Crippen LogP contribution in [0, 0.1) is 0 Å². The molecule has 36 heavy (non-hydrogen) atoms. The van der Waals surface area contributed by atoms with Crippen LogP contribution in [0.5, 0.6) is 23.0 Å². The van der Waals surface area contributed by atoms with E-state index in [0.717, 1.165) is 77.0 Å². The molecule has 0 bridgehead atoms. The van der Waals surface area contributed by atoms with Gasteiger partial charge in [-0.25, -0.2) is 0 Å². The van der Waals surface area contributed by atoms with Crippen molar-refractivity contribution in [2.24, 2.45) is 0 Å². The molecular weight excluding hydrogens is 476 g/mol. The van der Waals surface area contributed by atoms with E-state index in [1.165, 1.54) is 6.42 Å². The van der Waals surface area contributed by atoms with E-state index in [2.05, 4.69) is 20.8 Å². The van der Waals surface area contributed by atoms with E-state index in [4.69, 9.17) is 25.8 Å². The van der Waals surface area contributed by atoms with Crippen LogP contribution in [0.3, 0.4) is 0 Å². The van der Waals surface area contributed by atoms with E-state index < -0.39 is 0 Å². The highest BCUT2D eigenvalue weighted by molar-refractivity contribution is 6.36. The van der Waals surface area contributed by atoms with Crippen LogP contribution < -0.4 is 14.2 Å². The van der Waals surface area contributed by atoms with Gasteiger partial charge in [0.15, 0.2) is 11.5 Å². The predicted molar refractivity (Wildman–Crippen MR) is 149 cm³/mol. The number of fused-ring (bicyclic) bond motifs is 1. The molecule has 202 valence electrons. The van der Waals surface area contributed by atoms with Gasteiger partial charge in [0, 0.05) is 11.8 Å². The zero-order chi connectivity index (χ0) is 26.2. The number of carbonyl (C=O) groups excluding carboxylic acids is 1. The number of hydrogen-bond donors (Lipinski definition) is 1. The van der Waals surface area contributed by atoms with Crippen molar-refractivity contribution in [2.75, 3.05) is 13.2 Å². The van der Waals surface area contributed by atoms with Gasteiger partial charge in [-0.05, 0) is 25.3 Å². The van der Waals surface area contributed by atoms with E-state index in [-0.39, 0.29) is 29.0 Å². The van der Waals surface area contributed by atoms with Crippen molar-refractivity contribution in [3.63, 3.8) is 0 Å². The summed E-state index contributed by atoms with van der Waals surface area (Å²) in [7, 11) is 0. The molecular formula is C30H45ClO5. The molecule has 0 saturated heterocycles. The van der Waals surface area contributed by atoms with Crippen molar-refractivity contribution >= 4 is 28.3 Å². The molecule has 2 aromatic rings. The van der Waals surface area contributed by atoms with E-state index in [1.54, 1.807) is 18.2 Å². The monoisotopic (exact) mass is 520 g/mol. The van der Waals surface area contributed by atoms with E-state index in [1.807, 2.05) is 0 Å². The molecule has 0 amide bonds. The second-order valence-corrected chi connectivity index (χ2v) is 9.86. The Hall–Kier alpha value is -2.14. The molecule has 0 aliphatic rings. The summed E-state index contributed by atoms with van der Waals surface area (Å²) in [5, 5.41) is 12.5. The maximum atomic E-state index is 12.9. The number of ether oxygens (including phenoxy) is 3. The third kappa shape index (κ3) is 9.38. The molecule has 0 spiro atoms. The lowest BCUT2D eigenvalue weighted by Crippen LogP contribution is -2.11. The Bertz CT molecular complexity index is 927. The van der Waals surface area contributed by atoms with Gasteiger partial charge in [0.05, 0.1) is 23.6 Å². The first-order chi connectivity index (χ1) is 17.5. The lowest BCUT2D eigenvalue weighted by molar-refractivity contribution is -0.134. The zero-order valence-corrected chi connectivity index (χ0v) is 23.3. The van der Waals surface area contributed by atoms with Crippen LogP contribution in [0.2, 0.25) is 5.02 Å². The van der Waals surface area contributed by atoms with Crippen molar-refractivity contribution in [3.8, 4) is 23.0 Å². The molecule has 0 heterocycles. The highest BCUT2D eigenvalue weighted by atomic mass is 35.5. The molecule has 5 nitrogen and oxygen atoms in total. The number of phenolic OH excluding ortho intramolecular Hbond substituents is 1. The summed E-state index contributed by atoms with van der Waals surface area (Å²) in [5.74, 6) is 0.363. The molecule has 0 fully saturated rings. The van der Waals surface area contributed by atoms with Gasteiger partial charge >= 0.3 is 5.97 Å². The second kappa shape index (κ2) is 17.3. The minimum Gasteiger partial charge on any atom is -0.504 e. The summed E-state index contributed by atoms with van der Waals surface area (Å²) in [4.78, 5) is 12.9. The van der Waals surface area contributed by atoms with Gasteiger partial charge in [0.1, 0.15) is 0 Å². The standard InChI is InChI=1S/C30H45ClO5/c1-4-7-10-13-14-20-25(32)36-28-26-23(18-17-19-24(26)31)27(33)29(34-21-15-11-8-5-2)30(28)35-22-16-12-9-6-3/h17-19,33H,4-16,20-22H2,1-3H3. The lowest BCUT2D eigenvalue weighted by Gasteiger charge is -2.20. The van der Waals surface area contributed by atoms with Gasteiger partial charge in [-0.15, -0.1) is 0 Å². The molecule has 0 aliphatic carbocycles. The summed E-state index contributed by atoms with van der Waals surface area (Å²) in [5.41, 5.74) is 0. The number of esters is 1. The molecule has 0 aliphatic heterocycles. The molecule has 0 unspecified atom stereocenters. The van der Waals surface area contributed by atoms with Crippen LogP contribution in [0.15, 0.2) is 18.2 Å². The minimum atomic E-state index is -0.330. The van der Waals surface area contributed by atoms with Crippen LogP contribution in [0.1, 0.15) is 111 Å². The van der Waals surface area contributed by atoms with E-state index in [0.29, 0.717) is 35.4 Å². The van der Waals surface area contributed by atoms with Crippen LogP contribution in [0.25, 0.3) is 10.8 Å². The number of benzene rings is 2. The molecule has 2 rings (SSSR count). The number of unbranched alkanes of at least 4 members (excludes halogenated alkanes) is 10. The van der Waals surface area contributed by atoms with E-state index >= 15 is 0 Å². The quantitative estimate of drug-likeness (QED) is 0.113. The fraction of sp³-hybridized carbons (Fsp3) is 0.633. The Kier molecular flexibility index (Phi) is 14.5. The number of hydrogen-bond acceptors (Lipinski definition) is 5. The Morgan fingerprint density at radius 1 is 0.750 bits per heavy atom. The van der Waals surface area contributed by atoms with Gasteiger partial charge in [-0.3, -0.25) is 4.79 Å². The average Bonchev–Trinajstić information content (AvgIpc) is 2.87. The molecule has 0 saturated carbocycles. The molecule has 0 aromatic heterocycles. The van der Waals surface area contributed by atoms with Gasteiger partial charge < -0.3 is 19.3 Å². The van der Waals surface area contributed by atoms with Crippen molar-refractivity contribution in [3.05, 3.63) is 23.2 Å². The largest absolute Gasteiger partial charge is 0.504 e. The first kappa shape index (κ1) is 30.1. The topological polar surface area (TPSA) is 65.0 Å². The van der Waals surface area contributed by atoms with Crippen LogP contribution >= 0.6 is 11.6 Å². The predicted octanol–water partition coefficient (Wildman–Crippen LogP) is 9.38. The van der Waals surface area contributed by atoms with E-state index in [9.17, 15) is 9.90 Å². The SMILES string of the molecule is CCCCCCCC(=O)Oc1c(OCCCCCC)c(OCCCCCC)c(O)c2cccc(Cl)c12. The van der Waals surface area contributed by atoms with Gasteiger partial charge in [0.25, 0.3) is 0 Å². The maximum Gasteiger partial charge on any atom is 0.311 e. The van der Waals surface area contributed by atoms with Crippen molar-refractivity contribution in [1.29, 1.82) is 0 Å². The van der Waals surface area contributed by atoms with Crippen LogP contribution in [-0.2, 0) is 4.79 Å². The Morgan fingerprint density at radius 2 is 1.31 bits per heavy atom. The number of aromatic hydroxyl groups is 1. The molecule has 2 aromatic carbocycles. The smallest absolute Gasteiger partial charge is 0.311 e. The Morgan fingerprint density at radius 3 is 1.92 bits per heavy atom. The Labute approximate surface area is 222 Å². The van der Waals surface area contributed by atoms with Gasteiger partial charge in [-0.1, -0.05) is 109 Å². The Balaban J connectivity index is 2.38. The third-order valence-corrected chi connectivity index (χ3v) is 6.63. The summed E-state index contributed by atoms with van der Waals surface area (Å²) in [6, 6.07) is 5.25. The highest BCUT2D eigenvalue weighted by Crippen LogP contribution is 2.52. The van der Waals surface area contributed by atoms with Gasteiger partial charge in [0.2, 0.25) is 11.5 Å². The summed E-state index contributed by atoms with van der Waals surface area (Å²) in [6.07, 6.45) is 13.8. The number of rotatable bonds is 19. The van der Waals surface area contributed by atoms with Crippen molar-refractivity contribution < 1.29 is 24.1 Å². The van der Waals surface area contributed by atoms with Crippen molar-refractivity contribution in [1.82, 2.24) is 0 Å². The third-order valence-electron chi connectivity index (χ3n) is 6.31. The number of phenols is 1. The summed E-state index contributed by atoms with van der Waals surface area (Å²) in [6.45, 7) is 7.37. The van der Waals surface area contributed by atoms with Crippen LogP contribution in [0.4, 0.5) is 0 Å². The minimum absolute atomic E-state index is 0.0362. The van der Waals surface area contributed by atoms with Crippen LogP contribution in [-0.4, -0.2) is 24.3 Å². The first-order valence-corrected chi connectivity index (χ1v) is 14.4. The number of halogens is 1. The molecule has 0 atom stereocenters. The molecule has 0 radical (unpaired) electrons. The lowest BCUT2D eigenvalue weighted by atomic mass is 10.1. The average molecular weight is 521 g/mol. The summed E-state index contributed by atoms with van der Waals surface area (Å²) >= 11 is 6.57. The fourth-order valence-corrected chi connectivity index (χ4v) is 4.47. The molecule has 1 N–H and O–H groups in total. The highest BCUT2D eigenvalue weighted by Gasteiger charge is 2.26. The number of carbonyl (C=O) groups is 1. The second-order valence-electron chi connectivity index (χ2n) is 9.45. The fourth-order valence-electron chi connectivity index (χ4n) is 4.21. The maximum absolute atomic E-state index is 12.9. The summed E-state index contributed by atoms with van der Waals surface area (Å²) < 4.78 is 18.2.